The van der Waals surface area contributed by atoms with Crippen molar-refractivity contribution in [2.45, 2.75) is 29.8 Å². The highest BCUT2D eigenvalue weighted by Crippen LogP contribution is 2.40. The van der Waals surface area contributed by atoms with E-state index in [2.05, 4.69) is 22.5 Å². The van der Waals surface area contributed by atoms with E-state index in [0.717, 1.165) is 29.1 Å². The first kappa shape index (κ1) is 21.3. The van der Waals surface area contributed by atoms with Crippen LogP contribution in [-0.2, 0) is 6.42 Å². The molecule has 0 spiro atoms. The molecular formula is C26H24N4O2S. The van der Waals surface area contributed by atoms with Gasteiger partial charge in [0.05, 0.1) is 13.2 Å². The third kappa shape index (κ3) is 4.12. The second kappa shape index (κ2) is 9.11. The van der Waals surface area contributed by atoms with Gasteiger partial charge in [-0.25, -0.2) is 4.68 Å². The zero-order valence-electron chi connectivity index (χ0n) is 18.4. The van der Waals surface area contributed by atoms with Crippen LogP contribution in [0.2, 0.25) is 0 Å². The van der Waals surface area contributed by atoms with Crippen LogP contribution >= 0.6 is 11.8 Å². The Bertz CT molecular complexity index is 1250. The SMILES string of the molecule is CCc1ccc(C(=O)C2Sc3nnc(-c4ccccc4)n3NC2c2ccc(OC)cc2)cc1. The molecule has 0 amide bonds. The lowest BCUT2D eigenvalue weighted by atomic mass is 9.96. The maximum atomic E-state index is 13.6. The van der Waals surface area contributed by atoms with E-state index in [1.54, 1.807) is 7.11 Å². The minimum atomic E-state index is -0.397. The Hall–Kier alpha value is -3.58. The molecule has 0 saturated carbocycles. The summed E-state index contributed by atoms with van der Waals surface area (Å²) in [5, 5.41) is 9.07. The lowest BCUT2D eigenvalue weighted by Crippen LogP contribution is -2.39. The number of nitrogens with zero attached hydrogens (tertiary/aromatic N) is 3. The fraction of sp³-hybridized carbons (Fsp3) is 0.192. The van der Waals surface area contributed by atoms with Gasteiger partial charge in [-0.05, 0) is 29.7 Å². The summed E-state index contributed by atoms with van der Waals surface area (Å²) in [6.07, 6.45) is 0.939. The van der Waals surface area contributed by atoms with Gasteiger partial charge in [0.15, 0.2) is 11.6 Å². The Balaban J connectivity index is 1.55. The van der Waals surface area contributed by atoms with E-state index < -0.39 is 5.25 Å². The fourth-order valence-electron chi connectivity index (χ4n) is 3.96. The average Bonchev–Trinajstić information content (AvgIpc) is 3.31. The summed E-state index contributed by atoms with van der Waals surface area (Å²) in [6.45, 7) is 2.11. The number of aromatic nitrogens is 3. The molecule has 0 fully saturated rings. The summed E-state index contributed by atoms with van der Waals surface area (Å²) in [6, 6.07) is 25.3. The van der Waals surface area contributed by atoms with Crippen molar-refractivity contribution in [2.24, 2.45) is 0 Å². The number of methoxy groups -OCH3 is 1. The molecule has 4 aromatic rings. The van der Waals surface area contributed by atoms with Gasteiger partial charge in [0, 0.05) is 11.1 Å². The van der Waals surface area contributed by atoms with Crippen molar-refractivity contribution in [1.82, 2.24) is 14.9 Å². The molecular weight excluding hydrogens is 432 g/mol. The lowest BCUT2D eigenvalue weighted by molar-refractivity contribution is 0.0980. The molecule has 0 bridgehead atoms. The molecule has 166 valence electrons. The van der Waals surface area contributed by atoms with E-state index in [0.29, 0.717) is 10.7 Å². The van der Waals surface area contributed by atoms with Crippen molar-refractivity contribution < 1.29 is 9.53 Å². The highest BCUT2D eigenvalue weighted by Gasteiger charge is 2.38. The van der Waals surface area contributed by atoms with Gasteiger partial charge in [-0.1, -0.05) is 85.4 Å². The van der Waals surface area contributed by atoms with Crippen molar-refractivity contribution >= 4 is 17.5 Å². The van der Waals surface area contributed by atoms with Gasteiger partial charge >= 0.3 is 0 Å². The van der Waals surface area contributed by atoms with Crippen LogP contribution in [-0.4, -0.2) is 33.0 Å². The van der Waals surface area contributed by atoms with Crippen LogP contribution in [0.5, 0.6) is 5.75 Å². The van der Waals surface area contributed by atoms with Crippen molar-refractivity contribution in [3.63, 3.8) is 0 Å². The van der Waals surface area contributed by atoms with Crippen LogP contribution in [0.3, 0.4) is 0 Å². The van der Waals surface area contributed by atoms with Crippen molar-refractivity contribution in [2.75, 3.05) is 12.5 Å². The van der Waals surface area contributed by atoms with Gasteiger partial charge < -0.3 is 10.2 Å². The van der Waals surface area contributed by atoms with Gasteiger partial charge in [0.25, 0.3) is 0 Å². The van der Waals surface area contributed by atoms with E-state index in [9.17, 15) is 4.79 Å². The summed E-state index contributed by atoms with van der Waals surface area (Å²) in [5.74, 6) is 1.55. The van der Waals surface area contributed by atoms with Crippen molar-refractivity contribution in [3.05, 3.63) is 95.6 Å². The number of aryl methyl sites for hydroxylation is 1. The second-order valence-corrected chi connectivity index (χ2v) is 8.95. The average molecular weight is 457 g/mol. The van der Waals surface area contributed by atoms with Gasteiger partial charge in [-0.3, -0.25) is 4.79 Å². The molecule has 0 aliphatic carbocycles. The van der Waals surface area contributed by atoms with Crippen LogP contribution in [0.4, 0.5) is 0 Å². The molecule has 1 N–H and O–H groups in total. The third-order valence-electron chi connectivity index (χ3n) is 5.85. The number of rotatable bonds is 6. The predicted octanol–water partition coefficient (Wildman–Crippen LogP) is 5.16. The van der Waals surface area contributed by atoms with Crippen molar-refractivity contribution in [3.8, 4) is 17.1 Å². The Kier molecular flexibility index (Phi) is 5.88. The van der Waals surface area contributed by atoms with Gasteiger partial charge in [-0.15, -0.1) is 10.2 Å². The molecule has 5 rings (SSSR count). The molecule has 1 aliphatic heterocycles. The van der Waals surface area contributed by atoms with Crippen molar-refractivity contribution in [1.29, 1.82) is 0 Å². The Labute approximate surface area is 197 Å². The maximum absolute atomic E-state index is 13.6. The number of ether oxygens (including phenoxy) is 1. The standard InChI is InChI=1S/C26H24N4O2S/c1-3-17-9-11-19(12-10-17)23(31)24-22(18-13-15-21(32-2)16-14-18)29-30-25(27-28-26(30)33-24)20-7-5-4-6-8-20/h4-16,22,24,29H,3H2,1-2H3. The molecule has 33 heavy (non-hydrogen) atoms. The molecule has 7 heteroatoms. The molecule has 1 aromatic heterocycles. The molecule has 6 nitrogen and oxygen atoms in total. The second-order valence-electron chi connectivity index (χ2n) is 7.84. The number of hydrogen-bond acceptors (Lipinski definition) is 6. The number of benzene rings is 3. The summed E-state index contributed by atoms with van der Waals surface area (Å²) in [4.78, 5) is 13.6. The molecule has 2 heterocycles. The number of hydrogen-bond donors (Lipinski definition) is 1. The number of carbonyl (C=O) groups is 1. The molecule has 1 aliphatic rings. The van der Waals surface area contributed by atoms with Crippen LogP contribution in [0.15, 0.2) is 84.0 Å². The number of thioether (sulfide) groups is 1. The summed E-state index contributed by atoms with van der Waals surface area (Å²) in [5.41, 5.74) is 7.38. The minimum Gasteiger partial charge on any atom is -0.497 e. The highest BCUT2D eigenvalue weighted by atomic mass is 32.2. The zero-order chi connectivity index (χ0) is 22.8. The first-order chi connectivity index (χ1) is 16.2. The van der Waals surface area contributed by atoms with E-state index in [1.165, 1.54) is 17.3 Å². The van der Waals surface area contributed by atoms with Gasteiger partial charge in [0.2, 0.25) is 5.16 Å². The Morgan fingerprint density at radius 1 is 1.00 bits per heavy atom. The Morgan fingerprint density at radius 3 is 2.39 bits per heavy atom. The third-order valence-corrected chi connectivity index (χ3v) is 7.06. The smallest absolute Gasteiger partial charge is 0.211 e. The number of Topliss-reactive ketones (excluding diaryl/α,β-unsaturated/α-hetero) is 1. The largest absolute Gasteiger partial charge is 0.497 e. The number of ketones is 1. The first-order valence-electron chi connectivity index (χ1n) is 10.9. The van der Waals surface area contributed by atoms with E-state index in [1.807, 2.05) is 83.5 Å². The summed E-state index contributed by atoms with van der Waals surface area (Å²) < 4.78 is 7.21. The maximum Gasteiger partial charge on any atom is 0.211 e. The first-order valence-corrected chi connectivity index (χ1v) is 11.8. The van der Waals surface area contributed by atoms with Gasteiger partial charge in [-0.2, -0.15) is 0 Å². The summed E-state index contributed by atoms with van der Waals surface area (Å²) >= 11 is 1.44. The summed E-state index contributed by atoms with van der Waals surface area (Å²) in [7, 11) is 1.64. The van der Waals surface area contributed by atoms with Crippen LogP contribution in [0.1, 0.15) is 34.5 Å². The highest BCUT2D eigenvalue weighted by molar-refractivity contribution is 8.00. The van der Waals surface area contributed by atoms with Crippen LogP contribution in [0.25, 0.3) is 11.4 Å². The number of carbonyl (C=O) groups excluding carboxylic acids is 1. The normalized spacial score (nSPS) is 17.2. The minimum absolute atomic E-state index is 0.0616. The van der Waals surface area contributed by atoms with E-state index in [-0.39, 0.29) is 11.8 Å². The van der Waals surface area contributed by atoms with E-state index in [4.69, 9.17) is 4.74 Å². The lowest BCUT2D eigenvalue weighted by Gasteiger charge is -2.33. The van der Waals surface area contributed by atoms with Gasteiger partial charge in [0.1, 0.15) is 11.0 Å². The monoisotopic (exact) mass is 456 g/mol. The zero-order valence-corrected chi connectivity index (χ0v) is 19.3. The molecule has 0 radical (unpaired) electrons. The molecule has 2 atom stereocenters. The fourth-order valence-corrected chi connectivity index (χ4v) is 5.12. The molecule has 0 saturated heterocycles. The number of nitrogens with one attached hydrogen (secondary N) is 1. The van der Waals surface area contributed by atoms with E-state index >= 15 is 0 Å². The quantitative estimate of drug-likeness (QED) is 0.404. The molecule has 3 aromatic carbocycles. The topological polar surface area (TPSA) is 69.0 Å². The van der Waals surface area contributed by atoms with Crippen LogP contribution < -0.4 is 10.2 Å². The predicted molar refractivity (Wildman–Crippen MR) is 130 cm³/mol. The van der Waals surface area contributed by atoms with Crippen LogP contribution in [0, 0.1) is 0 Å². The molecule has 2 unspecified atom stereocenters. The Morgan fingerprint density at radius 2 is 1.73 bits per heavy atom. The number of fused-ring (bicyclic) bond motifs is 1.